The lowest BCUT2D eigenvalue weighted by Gasteiger charge is -2.15. The second-order valence-electron chi connectivity index (χ2n) is 5.28. The highest BCUT2D eigenvalue weighted by Crippen LogP contribution is 2.22. The summed E-state index contributed by atoms with van der Waals surface area (Å²) in [6.45, 7) is 4.79. The van der Waals surface area contributed by atoms with Crippen LogP contribution in [0.4, 0.5) is 4.79 Å². The molecule has 0 aromatic carbocycles. The van der Waals surface area contributed by atoms with Gasteiger partial charge in [-0.3, -0.25) is 10.1 Å². The second-order valence-corrected chi connectivity index (χ2v) is 8.21. The summed E-state index contributed by atoms with van der Waals surface area (Å²) in [6, 6.07) is 2.45. The van der Waals surface area contributed by atoms with Gasteiger partial charge in [-0.1, -0.05) is 17.8 Å². The number of imide groups is 1. The Kier molecular flexibility index (Phi) is 6.97. The van der Waals surface area contributed by atoms with Crippen LogP contribution >= 0.6 is 11.8 Å². The van der Waals surface area contributed by atoms with E-state index in [1.165, 1.54) is 22.6 Å². The third-order valence-electron chi connectivity index (χ3n) is 3.42. The van der Waals surface area contributed by atoms with Crippen LogP contribution in [0.15, 0.2) is 40.9 Å². The van der Waals surface area contributed by atoms with Crippen LogP contribution in [-0.2, 0) is 14.8 Å². The lowest BCUT2D eigenvalue weighted by atomic mass is 10.4. The number of carbonyl (C=O) groups excluding carboxylic acids is 2. The molecule has 1 saturated heterocycles. The first-order chi connectivity index (χ1) is 11.9. The van der Waals surface area contributed by atoms with Crippen molar-refractivity contribution in [3.63, 3.8) is 0 Å². The van der Waals surface area contributed by atoms with E-state index in [-0.39, 0.29) is 17.2 Å². The van der Waals surface area contributed by atoms with E-state index in [1.54, 1.807) is 6.07 Å². The molecule has 1 aromatic heterocycles. The van der Waals surface area contributed by atoms with E-state index in [2.05, 4.69) is 22.2 Å². The minimum Gasteiger partial charge on any atom is -0.334 e. The Hall–Kier alpha value is -1.91. The Morgan fingerprint density at radius 1 is 1.32 bits per heavy atom. The fourth-order valence-corrected chi connectivity index (χ4v) is 4.30. The topological polar surface area (TPSA) is 108 Å². The summed E-state index contributed by atoms with van der Waals surface area (Å²) in [4.78, 5) is 27.2. The standard InChI is InChI=1S/C15H20N4O4S2/c1-2-7-16-15(21)18-13(20)11-24-14-6-5-12(10-17-14)25(22,23)19-8-3-4-9-19/h2,5-6,10H,1,3-4,7-9,11H2,(H2,16,18,20,21). The minimum absolute atomic E-state index is 0.00721. The number of rotatable bonds is 7. The van der Waals surface area contributed by atoms with Crippen molar-refractivity contribution in [3.8, 4) is 0 Å². The maximum Gasteiger partial charge on any atom is 0.321 e. The van der Waals surface area contributed by atoms with E-state index < -0.39 is 22.0 Å². The van der Waals surface area contributed by atoms with Crippen LogP contribution in [0.3, 0.4) is 0 Å². The van der Waals surface area contributed by atoms with Gasteiger partial charge < -0.3 is 5.32 Å². The van der Waals surface area contributed by atoms with E-state index in [0.717, 1.165) is 24.6 Å². The highest BCUT2D eigenvalue weighted by Gasteiger charge is 2.27. The molecule has 8 nitrogen and oxygen atoms in total. The van der Waals surface area contributed by atoms with Crippen LogP contribution in [0, 0.1) is 0 Å². The Morgan fingerprint density at radius 2 is 2.04 bits per heavy atom. The van der Waals surface area contributed by atoms with E-state index >= 15 is 0 Å². The normalized spacial score (nSPS) is 14.9. The van der Waals surface area contributed by atoms with Crippen LogP contribution < -0.4 is 10.6 Å². The number of nitrogens with one attached hydrogen (secondary N) is 2. The molecule has 2 heterocycles. The molecule has 25 heavy (non-hydrogen) atoms. The van der Waals surface area contributed by atoms with Crippen molar-refractivity contribution in [2.24, 2.45) is 0 Å². The SMILES string of the molecule is C=CCNC(=O)NC(=O)CSc1ccc(S(=O)(=O)N2CCCC2)cn1. The molecule has 0 spiro atoms. The van der Waals surface area contributed by atoms with Crippen molar-refractivity contribution in [1.82, 2.24) is 19.9 Å². The van der Waals surface area contributed by atoms with Gasteiger partial charge in [0.05, 0.1) is 10.8 Å². The summed E-state index contributed by atoms with van der Waals surface area (Å²) in [6.07, 6.45) is 4.54. The van der Waals surface area contributed by atoms with Crippen LogP contribution in [-0.4, -0.2) is 55.0 Å². The first kappa shape index (κ1) is 19.4. The molecule has 0 atom stereocenters. The van der Waals surface area contributed by atoms with Crippen molar-refractivity contribution in [3.05, 3.63) is 31.0 Å². The molecule has 2 N–H and O–H groups in total. The van der Waals surface area contributed by atoms with Gasteiger partial charge in [0.1, 0.15) is 4.90 Å². The largest absolute Gasteiger partial charge is 0.334 e. The minimum atomic E-state index is -3.49. The molecule has 0 saturated carbocycles. The van der Waals surface area contributed by atoms with Gasteiger partial charge >= 0.3 is 6.03 Å². The fourth-order valence-electron chi connectivity index (χ4n) is 2.19. The Morgan fingerprint density at radius 3 is 2.64 bits per heavy atom. The van der Waals surface area contributed by atoms with Gasteiger partial charge in [-0.25, -0.2) is 18.2 Å². The number of pyridine rings is 1. The summed E-state index contributed by atoms with van der Waals surface area (Å²) in [5, 5.41) is 5.10. The van der Waals surface area contributed by atoms with Crippen molar-refractivity contribution < 1.29 is 18.0 Å². The lowest BCUT2D eigenvalue weighted by molar-refractivity contribution is -0.117. The zero-order chi connectivity index (χ0) is 18.3. The molecule has 3 amide bonds. The van der Waals surface area contributed by atoms with E-state index in [9.17, 15) is 18.0 Å². The smallest absolute Gasteiger partial charge is 0.321 e. The van der Waals surface area contributed by atoms with Gasteiger partial charge in [0.25, 0.3) is 0 Å². The monoisotopic (exact) mass is 384 g/mol. The predicted octanol–water partition coefficient (Wildman–Crippen LogP) is 0.970. The molecule has 1 fully saturated rings. The van der Waals surface area contributed by atoms with Crippen molar-refractivity contribution >= 4 is 33.7 Å². The Labute approximate surface area is 151 Å². The van der Waals surface area contributed by atoms with Crippen molar-refractivity contribution in [1.29, 1.82) is 0 Å². The first-order valence-electron chi connectivity index (χ1n) is 7.71. The number of hydrogen-bond acceptors (Lipinski definition) is 6. The first-order valence-corrected chi connectivity index (χ1v) is 10.1. The van der Waals surface area contributed by atoms with Crippen LogP contribution in [0.25, 0.3) is 0 Å². The summed E-state index contributed by atoms with van der Waals surface area (Å²) < 4.78 is 26.2. The van der Waals surface area contributed by atoms with Gasteiger partial charge in [-0.15, -0.1) is 6.58 Å². The van der Waals surface area contributed by atoms with E-state index in [4.69, 9.17) is 0 Å². The lowest BCUT2D eigenvalue weighted by Crippen LogP contribution is -2.40. The zero-order valence-electron chi connectivity index (χ0n) is 13.6. The number of carbonyl (C=O) groups is 2. The molecule has 0 radical (unpaired) electrons. The number of aromatic nitrogens is 1. The van der Waals surface area contributed by atoms with Gasteiger partial charge in [0.2, 0.25) is 15.9 Å². The molecular formula is C15H20N4O4S2. The van der Waals surface area contributed by atoms with Gasteiger partial charge in [0, 0.05) is 25.8 Å². The average Bonchev–Trinajstić information content (AvgIpc) is 3.14. The molecule has 1 aromatic rings. The van der Waals surface area contributed by atoms with Gasteiger partial charge in [0.15, 0.2) is 0 Å². The maximum atomic E-state index is 12.4. The molecule has 0 bridgehead atoms. The third-order valence-corrected chi connectivity index (χ3v) is 6.25. The van der Waals surface area contributed by atoms with Crippen molar-refractivity contribution in [2.45, 2.75) is 22.8 Å². The number of sulfonamides is 1. The van der Waals surface area contributed by atoms with Crippen molar-refractivity contribution in [2.75, 3.05) is 25.4 Å². The van der Waals surface area contributed by atoms with Crippen LogP contribution in [0.2, 0.25) is 0 Å². The summed E-state index contributed by atoms with van der Waals surface area (Å²) in [7, 11) is -3.49. The number of hydrogen-bond donors (Lipinski definition) is 2. The maximum absolute atomic E-state index is 12.4. The van der Waals surface area contributed by atoms with E-state index in [1.807, 2.05) is 0 Å². The Bertz CT molecular complexity index is 728. The van der Waals surface area contributed by atoms with Crippen LogP contribution in [0.5, 0.6) is 0 Å². The number of thioether (sulfide) groups is 1. The number of amides is 3. The second kappa shape index (κ2) is 8.97. The van der Waals surface area contributed by atoms with Gasteiger partial charge in [-0.2, -0.15) is 4.31 Å². The molecule has 2 rings (SSSR count). The summed E-state index contributed by atoms with van der Waals surface area (Å²) >= 11 is 1.11. The predicted molar refractivity (Wildman–Crippen MR) is 94.7 cm³/mol. The molecule has 10 heteroatoms. The number of nitrogens with zero attached hydrogens (tertiary/aromatic N) is 2. The molecule has 0 aliphatic carbocycles. The molecular weight excluding hydrogens is 364 g/mol. The molecule has 1 aliphatic rings. The molecule has 0 unspecified atom stereocenters. The van der Waals surface area contributed by atoms with Crippen LogP contribution in [0.1, 0.15) is 12.8 Å². The third kappa shape index (κ3) is 5.55. The Balaban J connectivity index is 1.87. The highest BCUT2D eigenvalue weighted by molar-refractivity contribution is 7.99. The molecule has 136 valence electrons. The number of urea groups is 1. The van der Waals surface area contributed by atoms with Gasteiger partial charge in [-0.05, 0) is 25.0 Å². The average molecular weight is 384 g/mol. The zero-order valence-corrected chi connectivity index (χ0v) is 15.2. The summed E-state index contributed by atoms with van der Waals surface area (Å²) in [5.41, 5.74) is 0. The quantitative estimate of drug-likeness (QED) is 0.536. The van der Waals surface area contributed by atoms with E-state index in [0.29, 0.717) is 18.1 Å². The fraction of sp³-hybridized carbons (Fsp3) is 0.400. The summed E-state index contributed by atoms with van der Waals surface area (Å²) in [5.74, 6) is -0.477. The molecule has 1 aliphatic heterocycles. The highest BCUT2D eigenvalue weighted by atomic mass is 32.2.